The molecule has 27 heavy (non-hydrogen) atoms. The van der Waals surface area contributed by atoms with Crippen molar-refractivity contribution < 1.29 is 4.92 Å². The van der Waals surface area contributed by atoms with Crippen LogP contribution in [-0.4, -0.2) is 28.0 Å². The lowest BCUT2D eigenvalue weighted by Gasteiger charge is -2.35. The number of nitro groups is 1. The van der Waals surface area contributed by atoms with Gasteiger partial charge < -0.3 is 16.0 Å². The monoisotopic (exact) mass is 390 g/mol. The van der Waals surface area contributed by atoms with Crippen LogP contribution < -0.4 is 16.0 Å². The fourth-order valence-corrected chi connectivity index (χ4v) is 3.68. The van der Waals surface area contributed by atoms with Crippen LogP contribution in [0, 0.1) is 22.0 Å². The molecule has 0 bridgehead atoms. The van der Waals surface area contributed by atoms with Crippen molar-refractivity contribution in [1.82, 2.24) is 9.97 Å². The normalized spacial score (nSPS) is 19.7. The molecule has 2 aromatic rings. The van der Waals surface area contributed by atoms with Gasteiger partial charge in [0.1, 0.15) is 0 Å². The minimum Gasteiger partial charge on any atom is -0.378 e. The zero-order valence-corrected chi connectivity index (χ0v) is 16.1. The van der Waals surface area contributed by atoms with E-state index < -0.39 is 4.92 Å². The number of benzene rings is 1. The molecule has 3 N–H and O–H groups in total. The Morgan fingerprint density at radius 3 is 2.48 bits per heavy atom. The van der Waals surface area contributed by atoms with Crippen LogP contribution in [0.1, 0.15) is 25.8 Å². The second-order valence-corrected chi connectivity index (χ2v) is 7.63. The summed E-state index contributed by atoms with van der Waals surface area (Å²) >= 11 is 5.90. The third kappa shape index (κ3) is 4.57. The summed E-state index contributed by atoms with van der Waals surface area (Å²) in [6.45, 7) is 6.15. The predicted octanol–water partition coefficient (Wildman–Crippen LogP) is 3.71. The molecular weight excluding hydrogens is 368 g/mol. The number of hydrogen-bond donors (Lipinski definition) is 2. The molecule has 8 nitrogen and oxygen atoms in total. The SMILES string of the molecule is C[C@@H]1C[C@H](C)CN(c2nc(NCc3ccc(Cl)cc3)nc(N)c2[N+](=O)[O-])C1. The fraction of sp³-hybridized carbons (Fsp3) is 0.444. The molecule has 0 unspecified atom stereocenters. The standard InChI is InChI=1S/C18H23ClN6O2/c1-11-7-12(2)10-24(9-11)17-15(25(26)27)16(20)22-18(23-17)21-8-13-3-5-14(19)6-4-13/h3-6,11-12H,7-10H2,1-2H3,(H3,20,21,22,23)/t11-,12+. The number of anilines is 3. The van der Waals surface area contributed by atoms with Crippen molar-refractivity contribution in [2.24, 2.45) is 11.8 Å². The smallest absolute Gasteiger partial charge is 0.353 e. The molecule has 0 radical (unpaired) electrons. The minimum atomic E-state index is -0.502. The van der Waals surface area contributed by atoms with Gasteiger partial charge in [0.05, 0.1) is 4.92 Å². The first kappa shape index (κ1) is 19.2. The Hall–Kier alpha value is -2.61. The van der Waals surface area contributed by atoms with Gasteiger partial charge in [0.2, 0.25) is 17.6 Å². The van der Waals surface area contributed by atoms with Crippen molar-refractivity contribution in [2.75, 3.05) is 29.0 Å². The lowest BCUT2D eigenvalue weighted by Crippen LogP contribution is -2.39. The van der Waals surface area contributed by atoms with E-state index in [-0.39, 0.29) is 23.3 Å². The van der Waals surface area contributed by atoms with Gasteiger partial charge in [-0.25, -0.2) is 0 Å². The van der Waals surface area contributed by atoms with Crippen LogP contribution in [0.4, 0.5) is 23.3 Å². The molecule has 1 aromatic heterocycles. The van der Waals surface area contributed by atoms with E-state index in [1.165, 1.54) is 0 Å². The number of piperidine rings is 1. The van der Waals surface area contributed by atoms with E-state index >= 15 is 0 Å². The molecule has 3 rings (SSSR count). The van der Waals surface area contributed by atoms with Crippen LogP contribution in [-0.2, 0) is 6.54 Å². The minimum absolute atomic E-state index is 0.130. The number of aromatic nitrogens is 2. The van der Waals surface area contributed by atoms with Crippen LogP contribution in [0.25, 0.3) is 0 Å². The van der Waals surface area contributed by atoms with Crippen molar-refractivity contribution in [3.05, 3.63) is 45.0 Å². The molecule has 1 aliphatic rings. The molecule has 9 heteroatoms. The van der Waals surface area contributed by atoms with E-state index in [2.05, 4.69) is 29.1 Å². The van der Waals surface area contributed by atoms with Gasteiger partial charge in [0, 0.05) is 24.7 Å². The van der Waals surface area contributed by atoms with Crippen molar-refractivity contribution >= 4 is 34.9 Å². The zero-order valence-electron chi connectivity index (χ0n) is 15.4. The summed E-state index contributed by atoms with van der Waals surface area (Å²) < 4.78 is 0. The summed E-state index contributed by atoms with van der Waals surface area (Å²) in [5.74, 6) is 1.28. The van der Waals surface area contributed by atoms with Gasteiger partial charge in [-0.1, -0.05) is 37.6 Å². The number of nitrogens with one attached hydrogen (secondary N) is 1. The van der Waals surface area contributed by atoms with E-state index in [9.17, 15) is 10.1 Å². The van der Waals surface area contributed by atoms with Gasteiger partial charge in [-0.15, -0.1) is 0 Å². The summed E-state index contributed by atoms with van der Waals surface area (Å²) in [7, 11) is 0. The molecule has 1 aromatic carbocycles. The van der Waals surface area contributed by atoms with Crippen molar-refractivity contribution in [2.45, 2.75) is 26.8 Å². The molecule has 2 atom stereocenters. The van der Waals surface area contributed by atoms with E-state index in [1.807, 2.05) is 17.0 Å². The number of nitrogens with two attached hydrogens (primary N) is 1. The Kier molecular flexibility index (Phi) is 5.65. The number of hydrogen-bond acceptors (Lipinski definition) is 7. The highest BCUT2D eigenvalue weighted by atomic mass is 35.5. The highest BCUT2D eigenvalue weighted by Crippen LogP contribution is 2.35. The van der Waals surface area contributed by atoms with Crippen molar-refractivity contribution in [3.63, 3.8) is 0 Å². The van der Waals surface area contributed by atoms with Gasteiger partial charge >= 0.3 is 5.69 Å². The Bertz CT molecular complexity index is 819. The lowest BCUT2D eigenvalue weighted by molar-refractivity contribution is -0.383. The van der Waals surface area contributed by atoms with Gasteiger partial charge in [-0.05, 0) is 36.0 Å². The van der Waals surface area contributed by atoms with Crippen LogP contribution in [0.5, 0.6) is 0 Å². The first-order chi connectivity index (χ1) is 12.8. The maximum absolute atomic E-state index is 11.6. The summed E-state index contributed by atoms with van der Waals surface area (Å²) in [6.07, 6.45) is 1.09. The quantitative estimate of drug-likeness (QED) is 0.591. The van der Waals surface area contributed by atoms with Crippen molar-refractivity contribution in [3.8, 4) is 0 Å². The summed E-state index contributed by atoms with van der Waals surface area (Å²) in [6, 6.07) is 7.37. The number of nitrogen functional groups attached to an aromatic ring is 1. The predicted molar refractivity (Wildman–Crippen MR) is 107 cm³/mol. The molecule has 1 fully saturated rings. The zero-order chi connectivity index (χ0) is 19.6. The first-order valence-corrected chi connectivity index (χ1v) is 9.26. The molecule has 1 aliphatic heterocycles. The molecule has 144 valence electrons. The Morgan fingerprint density at radius 1 is 1.26 bits per heavy atom. The molecule has 0 spiro atoms. The van der Waals surface area contributed by atoms with Crippen molar-refractivity contribution in [1.29, 1.82) is 0 Å². The Labute approximate surface area is 162 Å². The van der Waals surface area contributed by atoms with Crippen LogP contribution >= 0.6 is 11.6 Å². The molecular formula is C18H23ClN6O2. The molecule has 0 amide bonds. The highest BCUT2D eigenvalue weighted by Gasteiger charge is 2.31. The lowest BCUT2D eigenvalue weighted by atomic mass is 9.92. The molecule has 2 heterocycles. The van der Waals surface area contributed by atoms with Gasteiger partial charge in [0.25, 0.3) is 0 Å². The number of rotatable bonds is 5. The largest absolute Gasteiger partial charge is 0.378 e. The third-order valence-corrected chi connectivity index (χ3v) is 4.86. The molecule has 1 saturated heterocycles. The van der Waals surface area contributed by atoms with Crippen LogP contribution in [0.15, 0.2) is 24.3 Å². The maximum atomic E-state index is 11.6. The second-order valence-electron chi connectivity index (χ2n) is 7.19. The average Bonchev–Trinajstić information content (AvgIpc) is 2.59. The van der Waals surface area contributed by atoms with E-state index in [4.69, 9.17) is 17.3 Å². The summed E-state index contributed by atoms with van der Waals surface area (Å²) in [4.78, 5) is 21.5. The maximum Gasteiger partial charge on any atom is 0.353 e. The third-order valence-electron chi connectivity index (χ3n) is 4.61. The molecule has 0 aliphatic carbocycles. The first-order valence-electron chi connectivity index (χ1n) is 8.88. The van der Waals surface area contributed by atoms with Gasteiger partial charge in [0.15, 0.2) is 0 Å². The average molecular weight is 391 g/mol. The van der Waals surface area contributed by atoms with Crippen LogP contribution in [0.3, 0.4) is 0 Å². The van der Waals surface area contributed by atoms with E-state index in [0.29, 0.717) is 36.5 Å². The van der Waals surface area contributed by atoms with E-state index in [1.54, 1.807) is 12.1 Å². The Morgan fingerprint density at radius 2 is 1.89 bits per heavy atom. The van der Waals surface area contributed by atoms with E-state index in [0.717, 1.165) is 12.0 Å². The number of nitrogens with zero attached hydrogens (tertiary/aromatic N) is 4. The summed E-state index contributed by atoms with van der Waals surface area (Å²) in [5.41, 5.74) is 6.67. The highest BCUT2D eigenvalue weighted by molar-refractivity contribution is 6.30. The van der Waals surface area contributed by atoms with Gasteiger partial charge in [-0.3, -0.25) is 10.1 Å². The van der Waals surface area contributed by atoms with Crippen LogP contribution in [0.2, 0.25) is 5.02 Å². The molecule has 0 saturated carbocycles. The fourth-order valence-electron chi connectivity index (χ4n) is 3.55. The topological polar surface area (TPSA) is 110 Å². The Balaban J connectivity index is 1.88. The summed E-state index contributed by atoms with van der Waals surface area (Å²) in [5, 5.41) is 15.3. The number of halogens is 1. The second kappa shape index (κ2) is 7.96. The van der Waals surface area contributed by atoms with Gasteiger partial charge in [-0.2, -0.15) is 9.97 Å².